The van der Waals surface area contributed by atoms with Crippen molar-refractivity contribution in [2.75, 3.05) is 5.43 Å². The first-order chi connectivity index (χ1) is 9.31. The van der Waals surface area contributed by atoms with Gasteiger partial charge in [-0.2, -0.15) is 0 Å². The molecule has 1 rings (SSSR count). The Morgan fingerprint density at radius 2 is 2.30 bits per heavy atom. The quantitative estimate of drug-likeness (QED) is 0.437. The van der Waals surface area contributed by atoms with Crippen LogP contribution in [0.25, 0.3) is 0 Å². The molecule has 0 aliphatic rings. The van der Waals surface area contributed by atoms with Crippen molar-refractivity contribution in [3.8, 4) is 0 Å². The zero-order chi connectivity index (χ0) is 15.3. The third-order valence-electron chi connectivity index (χ3n) is 2.92. The maximum atomic E-state index is 11.6. The molecule has 1 heterocycles. The molecule has 1 aromatic rings. The lowest BCUT2D eigenvalue weighted by molar-refractivity contribution is 0.0691. The highest BCUT2D eigenvalue weighted by molar-refractivity contribution is 5.67. The Morgan fingerprint density at radius 1 is 1.65 bits per heavy atom. The van der Waals surface area contributed by atoms with Crippen molar-refractivity contribution in [2.24, 2.45) is 5.84 Å². The topological polar surface area (TPSA) is 91.5 Å². The highest BCUT2D eigenvalue weighted by atomic mass is 16.4. The van der Waals surface area contributed by atoms with E-state index in [4.69, 9.17) is 5.84 Å². The van der Waals surface area contributed by atoms with Crippen LogP contribution in [0.3, 0.4) is 0 Å². The summed E-state index contributed by atoms with van der Waals surface area (Å²) in [6.45, 7) is 9.25. The molecular weight excluding hydrogens is 256 g/mol. The number of rotatable bonds is 5. The van der Waals surface area contributed by atoms with E-state index in [9.17, 15) is 9.90 Å². The van der Waals surface area contributed by atoms with Crippen LogP contribution in [0, 0.1) is 0 Å². The summed E-state index contributed by atoms with van der Waals surface area (Å²) < 4.78 is 0. The normalized spacial score (nSPS) is 12.6. The van der Waals surface area contributed by atoms with E-state index >= 15 is 0 Å². The van der Waals surface area contributed by atoms with Crippen LogP contribution in [0.5, 0.6) is 0 Å². The fourth-order valence-electron chi connectivity index (χ4n) is 2.12. The Hall–Kier alpha value is -2.08. The van der Waals surface area contributed by atoms with E-state index < -0.39 is 17.7 Å². The fraction of sp³-hybridized carbons (Fsp3) is 0.429. The van der Waals surface area contributed by atoms with Gasteiger partial charge in [0.2, 0.25) is 0 Å². The summed E-state index contributed by atoms with van der Waals surface area (Å²) >= 11 is 0. The molecule has 4 N–H and O–H groups in total. The number of nitrogens with one attached hydrogen (secondary N) is 1. The predicted octanol–water partition coefficient (Wildman–Crippen LogP) is 2.76. The van der Waals surface area contributed by atoms with E-state index in [-0.39, 0.29) is 0 Å². The van der Waals surface area contributed by atoms with Gasteiger partial charge in [0.25, 0.3) is 0 Å². The van der Waals surface area contributed by atoms with Gasteiger partial charge in [0, 0.05) is 11.7 Å². The lowest BCUT2D eigenvalue weighted by Crippen LogP contribution is -2.47. The Bertz CT molecular complexity index is 482. The molecule has 1 amide bonds. The van der Waals surface area contributed by atoms with Gasteiger partial charge < -0.3 is 10.5 Å². The van der Waals surface area contributed by atoms with Crippen molar-refractivity contribution in [3.05, 3.63) is 36.7 Å². The number of aromatic nitrogens is 1. The van der Waals surface area contributed by atoms with Crippen molar-refractivity contribution in [2.45, 2.75) is 38.8 Å². The molecule has 20 heavy (non-hydrogen) atoms. The number of carboxylic acid groups (broad SMARTS) is 1. The molecule has 0 aliphatic carbocycles. The molecular formula is C14H22N4O2. The van der Waals surface area contributed by atoms with Gasteiger partial charge >= 0.3 is 6.09 Å². The molecule has 6 nitrogen and oxygen atoms in total. The lowest BCUT2D eigenvalue weighted by Gasteiger charge is -2.39. The van der Waals surface area contributed by atoms with Crippen LogP contribution < -0.4 is 11.3 Å². The number of hydrogen-bond acceptors (Lipinski definition) is 4. The van der Waals surface area contributed by atoms with Crippen LogP contribution in [-0.2, 0) is 0 Å². The molecule has 110 valence electrons. The third kappa shape index (κ3) is 3.71. The molecule has 0 bridgehead atoms. The zero-order valence-electron chi connectivity index (χ0n) is 12.1. The van der Waals surface area contributed by atoms with E-state index in [1.165, 1.54) is 4.90 Å². The molecule has 0 radical (unpaired) electrons. The van der Waals surface area contributed by atoms with Crippen LogP contribution in [0.15, 0.2) is 31.0 Å². The Kier molecular flexibility index (Phi) is 5.10. The van der Waals surface area contributed by atoms with Gasteiger partial charge in [0.15, 0.2) is 0 Å². The summed E-state index contributed by atoms with van der Waals surface area (Å²) in [4.78, 5) is 17.3. The smallest absolute Gasteiger partial charge is 0.408 e. The maximum absolute atomic E-state index is 11.6. The second-order valence-electron chi connectivity index (χ2n) is 5.48. The first-order valence-corrected chi connectivity index (χ1v) is 6.37. The zero-order valence-corrected chi connectivity index (χ0v) is 12.1. The number of pyridine rings is 1. The highest BCUT2D eigenvalue weighted by Crippen LogP contribution is 2.31. The molecule has 6 heteroatoms. The van der Waals surface area contributed by atoms with Gasteiger partial charge in [-0.15, -0.1) is 6.58 Å². The summed E-state index contributed by atoms with van der Waals surface area (Å²) in [5.74, 6) is 5.39. The molecule has 0 aromatic carbocycles. The number of nitrogens with two attached hydrogens (primary N) is 1. The van der Waals surface area contributed by atoms with E-state index in [0.717, 1.165) is 0 Å². The van der Waals surface area contributed by atoms with Crippen LogP contribution in [0.1, 0.15) is 38.9 Å². The standard InChI is InChI=1S/C14H22N4O2/c1-5-6-12(18(13(19)20)14(2,3)4)11-9-10(17-15)7-8-16-11/h5,7-9,12H,1,6,15H2,2-4H3,(H,16,17)(H,19,20). The SMILES string of the molecule is C=CCC(c1cc(NN)ccn1)N(C(=O)O)C(C)(C)C. The molecule has 0 fully saturated rings. The van der Waals surface area contributed by atoms with Crippen molar-refractivity contribution in [3.63, 3.8) is 0 Å². The van der Waals surface area contributed by atoms with Gasteiger partial charge in [-0.05, 0) is 39.3 Å². The first-order valence-electron chi connectivity index (χ1n) is 6.37. The minimum absolute atomic E-state index is 0.404. The van der Waals surface area contributed by atoms with E-state index in [0.29, 0.717) is 17.8 Å². The van der Waals surface area contributed by atoms with Crippen LogP contribution in [0.4, 0.5) is 10.5 Å². The third-order valence-corrected chi connectivity index (χ3v) is 2.92. The number of amides is 1. The van der Waals surface area contributed by atoms with Crippen LogP contribution in [0.2, 0.25) is 0 Å². The lowest BCUT2D eigenvalue weighted by atomic mass is 9.99. The number of carbonyl (C=O) groups is 1. The van der Waals surface area contributed by atoms with E-state index in [2.05, 4.69) is 17.0 Å². The summed E-state index contributed by atoms with van der Waals surface area (Å²) in [6.07, 6.45) is 2.78. The van der Waals surface area contributed by atoms with Crippen molar-refractivity contribution in [1.29, 1.82) is 0 Å². The maximum Gasteiger partial charge on any atom is 0.408 e. The van der Waals surface area contributed by atoms with Crippen molar-refractivity contribution < 1.29 is 9.90 Å². The number of hydrogen-bond donors (Lipinski definition) is 3. The van der Waals surface area contributed by atoms with Gasteiger partial charge in [0.1, 0.15) is 0 Å². The minimum Gasteiger partial charge on any atom is -0.465 e. The average molecular weight is 278 g/mol. The molecule has 0 saturated carbocycles. The summed E-state index contributed by atoms with van der Waals surface area (Å²) in [6, 6.07) is 3.06. The molecule has 1 atom stereocenters. The molecule has 0 saturated heterocycles. The fourth-order valence-corrected chi connectivity index (χ4v) is 2.12. The molecule has 0 aliphatic heterocycles. The van der Waals surface area contributed by atoms with Crippen LogP contribution in [-0.4, -0.2) is 26.6 Å². The molecule has 0 spiro atoms. The van der Waals surface area contributed by atoms with E-state index in [1.54, 1.807) is 24.4 Å². The molecule has 1 unspecified atom stereocenters. The first kappa shape index (κ1) is 16.0. The number of nitrogens with zero attached hydrogens (tertiary/aromatic N) is 2. The van der Waals surface area contributed by atoms with Gasteiger partial charge in [-0.25, -0.2) is 4.79 Å². The number of hydrazine groups is 1. The molecule has 1 aromatic heterocycles. The largest absolute Gasteiger partial charge is 0.465 e. The van der Waals surface area contributed by atoms with E-state index in [1.807, 2.05) is 20.8 Å². The Balaban J connectivity index is 3.26. The number of anilines is 1. The number of nitrogen functional groups attached to an aromatic ring is 1. The second kappa shape index (κ2) is 6.38. The average Bonchev–Trinajstić information content (AvgIpc) is 2.36. The Morgan fingerprint density at radius 3 is 2.75 bits per heavy atom. The van der Waals surface area contributed by atoms with Gasteiger partial charge in [-0.1, -0.05) is 6.08 Å². The predicted molar refractivity (Wildman–Crippen MR) is 79.2 cm³/mol. The second-order valence-corrected chi connectivity index (χ2v) is 5.48. The van der Waals surface area contributed by atoms with Gasteiger partial charge in [0.05, 0.1) is 17.4 Å². The monoisotopic (exact) mass is 278 g/mol. The van der Waals surface area contributed by atoms with Crippen molar-refractivity contribution in [1.82, 2.24) is 9.88 Å². The summed E-state index contributed by atoms with van der Waals surface area (Å²) in [7, 11) is 0. The minimum atomic E-state index is -0.989. The summed E-state index contributed by atoms with van der Waals surface area (Å²) in [5.41, 5.74) is 3.31. The highest BCUT2D eigenvalue weighted by Gasteiger charge is 2.34. The van der Waals surface area contributed by atoms with Crippen molar-refractivity contribution >= 4 is 11.8 Å². The Labute approximate surface area is 119 Å². The summed E-state index contributed by atoms with van der Waals surface area (Å²) in [5, 5.41) is 9.52. The van der Waals surface area contributed by atoms with Gasteiger partial charge in [-0.3, -0.25) is 15.7 Å². The van der Waals surface area contributed by atoms with Crippen LogP contribution >= 0.6 is 0 Å².